The average Bonchev–Trinajstić information content (AvgIpc) is 2.61. The highest BCUT2D eigenvalue weighted by Gasteiger charge is 2.18. The summed E-state index contributed by atoms with van der Waals surface area (Å²) in [5.74, 6) is 0.692. The van der Waals surface area contributed by atoms with Gasteiger partial charge in [0.2, 0.25) is 0 Å². The van der Waals surface area contributed by atoms with E-state index in [1.807, 2.05) is 0 Å². The predicted molar refractivity (Wildman–Crippen MR) is 70.0 cm³/mol. The van der Waals surface area contributed by atoms with E-state index in [1.54, 1.807) is 0 Å². The minimum absolute atomic E-state index is 0.692. The van der Waals surface area contributed by atoms with Crippen molar-refractivity contribution in [2.24, 2.45) is 10.9 Å². The molecule has 1 nitrogen and oxygen atoms in total. The molecule has 1 heteroatoms. The Morgan fingerprint density at radius 2 is 1.88 bits per heavy atom. The van der Waals surface area contributed by atoms with E-state index in [-0.39, 0.29) is 0 Å². The number of aliphatic imine (C=N–C) groups is 1. The van der Waals surface area contributed by atoms with Gasteiger partial charge in [-0.05, 0) is 36.0 Å². The molecule has 1 aliphatic rings. The van der Waals surface area contributed by atoms with E-state index in [4.69, 9.17) is 0 Å². The Balaban J connectivity index is 2.30. The van der Waals surface area contributed by atoms with Crippen LogP contribution in [-0.2, 0) is 0 Å². The number of hydrogen-bond donors (Lipinski definition) is 0. The minimum Gasteiger partial charge on any atom is -0.280 e. The van der Waals surface area contributed by atoms with Crippen LogP contribution in [0, 0.1) is 5.92 Å². The van der Waals surface area contributed by atoms with E-state index in [0.717, 1.165) is 13.0 Å². The molecule has 0 bridgehead atoms. The molecule has 1 aromatic rings. The van der Waals surface area contributed by atoms with Gasteiger partial charge < -0.3 is 0 Å². The van der Waals surface area contributed by atoms with Gasteiger partial charge in [0.1, 0.15) is 0 Å². The molecular weight excluding hydrogens is 194 g/mol. The largest absolute Gasteiger partial charge is 0.280 e. The summed E-state index contributed by atoms with van der Waals surface area (Å²) in [4.78, 5) is 4.66. The molecule has 2 rings (SSSR count). The fourth-order valence-electron chi connectivity index (χ4n) is 2.13. The molecule has 1 aliphatic heterocycles. The van der Waals surface area contributed by atoms with E-state index in [2.05, 4.69) is 56.1 Å². The Labute approximate surface area is 97.9 Å². The van der Waals surface area contributed by atoms with Crippen molar-refractivity contribution < 1.29 is 0 Å². The lowest BCUT2D eigenvalue weighted by Gasteiger charge is -2.11. The van der Waals surface area contributed by atoms with Gasteiger partial charge in [-0.1, -0.05) is 44.2 Å². The zero-order chi connectivity index (χ0) is 11.5. The molecule has 0 spiro atoms. The van der Waals surface area contributed by atoms with Crippen molar-refractivity contribution in [2.75, 3.05) is 6.54 Å². The zero-order valence-corrected chi connectivity index (χ0v) is 10.3. The maximum absolute atomic E-state index is 4.66. The summed E-state index contributed by atoms with van der Waals surface area (Å²) >= 11 is 0. The number of nitrogens with zero attached hydrogens (tertiary/aromatic N) is 1. The van der Waals surface area contributed by atoms with E-state index >= 15 is 0 Å². The molecule has 0 saturated carbocycles. The molecule has 0 atom stereocenters. The number of benzene rings is 1. The number of rotatable bonds is 3. The Bertz CT molecular complexity index is 424. The van der Waals surface area contributed by atoms with Crippen molar-refractivity contribution in [1.82, 2.24) is 0 Å². The first-order chi connectivity index (χ1) is 7.68. The summed E-state index contributed by atoms with van der Waals surface area (Å²) in [6.45, 7) is 7.62. The second kappa shape index (κ2) is 4.65. The maximum Gasteiger partial charge on any atom is 0.0682 e. The van der Waals surface area contributed by atoms with Crippen molar-refractivity contribution in [2.45, 2.75) is 27.2 Å². The highest BCUT2D eigenvalue weighted by atomic mass is 14.8. The summed E-state index contributed by atoms with van der Waals surface area (Å²) in [7, 11) is 0. The molecule has 0 amide bonds. The molecule has 0 fully saturated rings. The topological polar surface area (TPSA) is 12.4 Å². The number of allylic oxidation sites excluding steroid dienone is 1. The molecule has 16 heavy (non-hydrogen) atoms. The normalized spacial score (nSPS) is 15.9. The SMILES string of the molecule is CC1=C(CC(C)C)C(c2ccccc2)=NC1. The Morgan fingerprint density at radius 3 is 2.50 bits per heavy atom. The summed E-state index contributed by atoms with van der Waals surface area (Å²) < 4.78 is 0. The summed E-state index contributed by atoms with van der Waals surface area (Å²) in [6, 6.07) is 10.5. The quantitative estimate of drug-likeness (QED) is 0.723. The molecule has 0 aromatic heterocycles. The fraction of sp³-hybridized carbons (Fsp3) is 0.400. The van der Waals surface area contributed by atoms with Gasteiger partial charge in [-0.15, -0.1) is 0 Å². The second-order valence-corrected chi connectivity index (χ2v) is 4.89. The Morgan fingerprint density at radius 1 is 1.19 bits per heavy atom. The zero-order valence-electron chi connectivity index (χ0n) is 10.3. The van der Waals surface area contributed by atoms with Gasteiger partial charge >= 0.3 is 0 Å². The highest BCUT2D eigenvalue weighted by Crippen LogP contribution is 2.25. The monoisotopic (exact) mass is 213 g/mol. The van der Waals surface area contributed by atoms with Gasteiger partial charge in [-0.2, -0.15) is 0 Å². The number of hydrogen-bond acceptors (Lipinski definition) is 1. The van der Waals surface area contributed by atoms with Crippen LogP contribution in [0.5, 0.6) is 0 Å². The van der Waals surface area contributed by atoms with Gasteiger partial charge in [0.25, 0.3) is 0 Å². The van der Waals surface area contributed by atoms with Crippen molar-refractivity contribution in [3.05, 3.63) is 47.0 Å². The van der Waals surface area contributed by atoms with E-state index in [1.165, 1.54) is 22.4 Å². The Kier molecular flexibility index (Phi) is 3.23. The lowest BCUT2D eigenvalue weighted by Crippen LogP contribution is -2.05. The first-order valence-electron chi connectivity index (χ1n) is 5.97. The summed E-state index contributed by atoms with van der Waals surface area (Å²) in [5, 5.41) is 0. The molecule has 0 radical (unpaired) electrons. The van der Waals surface area contributed by atoms with Crippen LogP contribution >= 0.6 is 0 Å². The average molecular weight is 213 g/mol. The van der Waals surface area contributed by atoms with Crippen LogP contribution in [0.25, 0.3) is 0 Å². The third-order valence-corrected chi connectivity index (χ3v) is 2.93. The third-order valence-electron chi connectivity index (χ3n) is 2.93. The molecule has 0 N–H and O–H groups in total. The molecule has 84 valence electrons. The van der Waals surface area contributed by atoms with Gasteiger partial charge in [-0.25, -0.2) is 0 Å². The van der Waals surface area contributed by atoms with E-state index < -0.39 is 0 Å². The molecule has 1 aromatic carbocycles. The first-order valence-corrected chi connectivity index (χ1v) is 5.97. The van der Waals surface area contributed by atoms with Crippen LogP contribution in [0.2, 0.25) is 0 Å². The minimum atomic E-state index is 0.692. The van der Waals surface area contributed by atoms with Gasteiger partial charge in [-0.3, -0.25) is 4.99 Å². The van der Waals surface area contributed by atoms with Crippen LogP contribution in [0.3, 0.4) is 0 Å². The van der Waals surface area contributed by atoms with Crippen molar-refractivity contribution >= 4 is 5.71 Å². The van der Waals surface area contributed by atoms with Crippen LogP contribution in [0.4, 0.5) is 0 Å². The van der Waals surface area contributed by atoms with Crippen molar-refractivity contribution in [1.29, 1.82) is 0 Å². The Hall–Kier alpha value is -1.37. The molecule has 0 aliphatic carbocycles. The summed E-state index contributed by atoms with van der Waals surface area (Å²) in [6.07, 6.45) is 1.14. The fourth-order valence-corrected chi connectivity index (χ4v) is 2.13. The maximum atomic E-state index is 4.66. The molecule has 1 heterocycles. The lowest BCUT2D eigenvalue weighted by atomic mass is 9.93. The van der Waals surface area contributed by atoms with E-state index in [9.17, 15) is 0 Å². The second-order valence-electron chi connectivity index (χ2n) is 4.89. The van der Waals surface area contributed by atoms with Crippen LogP contribution in [-0.4, -0.2) is 12.3 Å². The van der Waals surface area contributed by atoms with Crippen LogP contribution < -0.4 is 0 Å². The summed E-state index contributed by atoms with van der Waals surface area (Å²) in [5.41, 5.74) is 5.37. The van der Waals surface area contributed by atoms with Gasteiger partial charge in [0, 0.05) is 0 Å². The van der Waals surface area contributed by atoms with Gasteiger partial charge in [0.05, 0.1) is 12.3 Å². The molecular formula is C15H19N. The highest BCUT2D eigenvalue weighted by molar-refractivity contribution is 6.14. The lowest BCUT2D eigenvalue weighted by molar-refractivity contribution is 0.652. The molecule has 0 saturated heterocycles. The third kappa shape index (κ3) is 2.24. The van der Waals surface area contributed by atoms with Crippen LogP contribution in [0.1, 0.15) is 32.8 Å². The first kappa shape index (κ1) is 11.1. The molecule has 0 unspecified atom stereocenters. The standard InChI is InChI=1S/C15H19N/c1-11(2)9-14-12(3)10-16-15(14)13-7-5-4-6-8-13/h4-8,11H,9-10H2,1-3H3. The van der Waals surface area contributed by atoms with Crippen LogP contribution in [0.15, 0.2) is 46.5 Å². The van der Waals surface area contributed by atoms with Crippen molar-refractivity contribution in [3.8, 4) is 0 Å². The predicted octanol–water partition coefficient (Wildman–Crippen LogP) is 3.85. The smallest absolute Gasteiger partial charge is 0.0682 e. The van der Waals surface area contributed by atoms with Crippen molar-refractivity contribution in [3.63, 3.8) is 0 Å². The van der Waals surface area contributed by atoms with E-state index in [0.29, 0.717) is 5.92 Å². The van der Waals surface area contributed by atoms with Gasteiger partial charge in [0.15, 0.2) is 0 Å².